The Labute approximate surface area is 181 Å². The number of carbonyl (C=O) groups is 2. The molecule has 0 radical (unpaired) electrons. The summed E-state index contributed by atoms with van der Waals surface area (Å²) in [5, 5.41) is 0. The van der Waals surface area contributed by atoms with E-state index >= 15 is 0 Å². The van der Waals surface area contributed by atoms with E-state index in [1.807, 2.05) is 0 Å². The van der Waals surface area contributed by atoms with E-state index in [2.05, 4.69) is 0 Å². The third-order valence-electron chi connectivity index (χ3n) is 5.07. The van der Waals surface area contributed by atoms with Crippen molar-refractivity contribution in [3.05, 3.63) is 53.6 Å². The second-order valence-corrected chi connectivity index (χ2v) is 9.00. The van der Waals surface area contributed by atoms with Crippen molar-refractivity contribution >= 4 is 21.8 Å². The summed E-state index contributed by atoms with van der Waals surface area (Å²) < 4.78 is 42.5. The number of carbonyl (C=O) groups excluding carboxylic acids is 2. The zero-order chi connectivity index (χ0) is 22.4. The molecule has 0 bridgehead atoms. The van der Waals surface area contributed by atoms with E-state index in [4.69, 9.17) is 14.2 Å². The maximum absolute atomic E-state index is 12.8. The van der Waals surface area contributed by atoms with Crippen molar-refractivity contribution in [2.45, 2.75) is 24.2 Å². The quantitative estimate of drug-likeness (QED) is 0.453. The first kappa shape index (κ1) is 22.8. The molecule has 0 unspecified atom stereocenters. The van der Waals surface area contributed by atoms with Gasteiger partial charge in [0.1, 0.15) is 11.5 Å². The Morgan fingerprint density at radius 2 is 1.71 bits per heavy atom. The summed E-state index contributed by atoms with van der Waals surface area (Å²) in [6.07, 6.45) is 2.64. The number of hydrogen-bond acceptors (Lipinski definition) is 7. The number of esters is 1. The van der Waals surface area contributed by atoms with Crippen LogP contribution in [0.1, 0.15) is 40.0 Å². The van der Waals surface area contributed by atoms with Gasteiger partial charge in [-0.2, -0.15) is 4.31 Å². The van der Waals surface area contributed by atoms with Crippen LogP contribution in [-0.4, -0.2) is 58.4 Å². The molecule has 8 nitrogen and oxygen atoms in total. The summed E-state index contributed by atoms with van der Waals surface area (Å²) in [5.41, 5.74) is 0.310. The molecule has 2 aromatic carbocycles. The third kappa shape index (κ3) is 5.23. The van der Waals surface area contributed by atoms with Gasteiger partial charge >= 0.3 is 5.97 Å². The topological polar surface area (TPSA) is 99.2 Å². The van der Waals surface area contributed by atoms with Crippen LogP contribution in [0.5, 0.6) is 11.5 Å². The lowest BCUT2D eigenvalue weighted by molar-refractivity contribution is 0.0473. The van der Waals surface area contributed by atoms with Crippen LogP contribution in [0.3, 0.4) is 0 Å². The predicted molar refractivity (Wildman–Crippen MR) is 113 cm³/mol. The Hall–Kier alpha value is -2.91. The minimum Gasteiger partial charge on any atom is -0.497 e. The van der Waals surface area contributed by atoms with Gasteiger partial charge in [-0.3, -0.25) is 4.79 Å². The van der Waals surface area contributed by atoms with Crippen molar-refractivity contribution in [1.29, 1.82) is 0 Å². The van der Waals surface area contributed by atoms with Gasteiger partial charge in [0.15, 0.2) is 6.61 Å². The van der Waals surface area contributed by atoms with Crippen molar-refractivity contribution in [3.63, 3.8) is 0 Å². The number of methoxy groups -OCH3 is 2. The monoisotopic (exact) mass is 447 g/mol. The number of sulfonamides is 1. The molecule has 31 heavy (non-hydrogen) atoms. The molecular weight excluding hydrogens is 422 g/mol. The van der Waals surface area contributed by atoms with Crippen molar-refractivity contribution < 1.29 is 32.2 Å². The van der Waals surface area contributed by atoms with E-state index in [0.29, 0.717) is 24.6 Å². The highest BCUT2D eigenvalue weighted by atomic mass is 32.2. The molecular formula is C22H25NO7S. The summed E-state index contributed by atoms with van der Waals surface area (Å²) in [5.74, 6) is -0.409. The van der Waals surface area contributed by atoms with Crippen molar-refractivity contribution in [2.75, 3.05) is 33.9 Å². The molecule has 3 rings (SSSR count). The molecule has 0 aliphatic carbocycles. The molecule has 1 aliphatic heterocycles. The van der Waals surface area contributed by atoms with Gasteiger partial charge in [-0.15, -0.1) is 0 Å². The number of ether oxygens (including phenoxy) is 3. The predicted octanol–water partition coefficient (Wildman–Crippen LogP) is 2.92. The molecule has 0 N–H and O–H groups in total. The maximum atomic E-state index is 12.8. The minimum absolute atomic E-state index is 0.0343. The van der Waals surface area contributed by atoms with Crippen LogP contribution in [0.25, 0.3) is 0 Å². The Kier molecular flexibility index (Phi) is 7.29. The van der Waals surface area contributed by atoms with Crippen LogP contribution < -0.4 is 9.47 Å². The van der Waals surface area contributed by atoms with E-state index in [1.165, 1.54) is 48.9 Å². The average molecular weight is 448 g/mol. The molecule has 1 saturated heterocycles. The van der Waals surface area contributed by atoms with Gasteiger partial charge in [0.05, 0.1) is 30.2 Å². The van der Waals surface area contributed by atoms with Crippen LogP contribution in [-0.2, 0) is 14.8 Å². The van der Waals surface area contributed by atoms with Gasteiger partial charge in [-0.1, -0.05) is 12.5 Å². The van der Waals surface area contributed by atoms with E-state index in [1.54, 1.807) is 12.1 Å². The molecule has 2 aromatic rings. The first-order chi connectivity index (χ1) is 14.9. The van der Waals surface area contributed by atoms with E-state index in [9.17, 15) is 18.0 Å². The fraction of sp³-hybridized carbons (Fsp3) is 0.364. The molecule has 1 heterocycles. The Morgan fingerprint density at radius 3 is 2.39 bits per heavy atom. The molecule has 0 atom stereocenters. The Morgan fingerprint density at radius 1 is 0.968 bits per heavy atom. The fourth-order valence-corrected chi connectivity index (χ4v) is 4.92. The van der Waals surface area contributed by atoms with Gasteiger partial charge in [-0.25, -0.2) is 13.2 Å². The summed E-state index contributed by atoms with van der Waals surface area (Å²) >= 11 is 0. The molecule has 0 amide bonds. The molecule has 166 valence electrons. The zero-order valence-electron chi connectivity index (χ0n) is 17.5. The van der Waals surface area contributed by atoms with E-state index in [0.717, 1.165) is 19.3 Å². The average Bonchev–Trinajstić information content (AvgIpc) is 2.82. The Bertz CT molecular complexity index is 1060. The number of Topliss-reactive ketones (excluding diaryl/α,β-unsaturated/α-hetero) is 1. The van der Waals surface area contributed by atoms with Crippen LogP contribution in [0, 0.1) is 0 Å². The minimum atomic E-state index is -3.68. The van der Waals surface area contributed by atoms with Gasteiger partial charge in [0, 0.05) is 19.2 Å². The largest absolute Gasteiger partial charge is 0.497 e. The molecule has 1 aliphatic rings. The van der Waals surface area contributed by atoms with E-state index in [-0.39, 0.29) is 16.0 Å². The highest BCUT2D eigenvalue weighted by Gasteiger charge is 2.27. The fourth-order valence-electron chi connectivity index (χ4n) is 3.36. The van der Waals surface area contributed by atoms with Gasteiger partial charge in [-0.05, 0) is 43.2 Å². The first-order valence-corrected chi connectivity index (χ1v) is 11.3. The van der Waals surface area contributed by atoms with Crippen LogP contribution >= 0.6 is 0 Å². The number of piperidine rings is 1. The summed E-state index contributed by atoms with van der Waals surface area (Å²) in [6, 6.07) is 10.4. The van der Waals surface area contributed by atoms with Gasteiger partial charge < -0.3 is 14.2 Å². The highest BCUT2D eigenvalue weighted by molar-refractivity contribution is 7.89. The summed E-state index contributed by atoms with van der Waals surface area (Å²) in [6.45, 7) is 0.426. The zero-order valence-corrected chi connectivity index (χ0v) is 18.3. The smallest absolute Gasteiger partial charge is 0.338 e. The van der Waals surface area contributed by atoms with Gasteiger partial charge in [0.2, 0.25) is 15.8 Å². The molecule has 0 aromatic heterocycles. The first-order valence-electron chi connectivity index (χ1n) is 9.89. The van der Waals surface area contributed by atoms with Crippen LogP contribution in [0.2, 0.25) is 0 Å². The van der Waals surface area contributed by atoms with Crippen LogP contribution in [0.4, 0.5) is 0 Å². The van der Waals surface area contributed by atoms with Crippen molar-refractivity contribution in [3.8, 4) is 11.5 Å². The van der Waals surface area contributed by atoms with Crippen molar-refractivity contribution in [1.82, 2.24) is 4.31 Å². The molecule has 0 spiro atoms. The second kappa shape index (κ2) is 9.93. The molecule has 0 saturated carbocycles. The highest BCUT2D eigenvalue weighted by Crippen LogP contribution is 2.25. The lowest BCUT2D eigenvalue weighted by Crippen LogP contribution is -2.35. The van der Waals surface area contributed by atoms with Gasteiger partial charge in [0.25, 0.3) is 0 Å². The summed E-state index contributed by atoms with van der Waals surface area (Å²) in [4.78, 5) is 25.0. The normalized spacial score (nSPS) is 14.6. The number of benzene rings is 2. The van der Waals surface area contributed by atoms with E-state index < -0.39 is 28.4 Å². The SMILES string of the molecule is COc1ccc(C(=O)COC(=O)c2cccc(S(=O)(=O)N3CCCCC3)c2)c(OC)c1. The third-order valence-corrected chi connectivity index (χ3v) is 6.96. The number of rotatable bonds is 8. The van der Waals surface area contributed by atoms with Crippen molar-refractivity contribution in [2.24, 2.45) is 0 Å². The number of nitrogens with zero attached hydrogens (tertiary/aromatic N) is 1. The second-order valence-electron chi connectivity index (χ2n) is 7.06. The maximum Gasteiger partial charge on any atom is 0.338 e. The van der Waals surface area contributed by atoms with Crippen LogP contribution in [0.15, 0.2) is 47.4 Å². The summed E-state index contributed by atoms with van der Waals surface area (Å²) in [7, 11) is -0.758. The number of hydrogen-bond donors (Lipinski definition) is 0. The Balaban J connectivity index is 1.70. The number of ketones is 1. The molecule has 9 heteroatoms. The molecule has 1 fully saturated rings. The lowest BCUT2D eigenvalue weighted by atomic mass is 10.1. The standard InChI is InChI=1S/C22H25NO7S/c1-28-17-9-10-19(21(14-17)29-2)20(24)15-30-22(25)16-7-6-8-18(13-16)31(26,27)23-11-4-3-5-12-23/h6-10,13-14H,3-5,11-12,15H2,1-2H3. The lowest BCUT2D eigenvalue weighted by Gasteiger charge is -2.25.